The number of nitrogens with zero attached hydrogens (tertiary/aromatic N) is 1. The molecule has 20 heavy (non-hydrogen) atoms. The van der Waals surface area contributed by atoms with E-state index < -0.39 is 11.7 Å². The van der Waals surface area contributed by atoms with Gasteiger partial charge in [-0.2, -0.15) is 13.2 Å². The molecule has 0 fully saturated rings. The van der Waals surface area contributed by atoms with Gasteiger partial charge < -0.3 is 9.30 Å². The zero-order valence-electron chi connectivity index (χ0n) is 12.4. The molecule has 2 rings (SSSR count). The fourth-order valence-corrected chi connectivity index (χ4v) is 3.01. The predicted octanol–water partition coefficient (Wildman–Crippen LogP) is 4.37. The third-order valence-electron chi connectivity index (χ3n) is 3.65. The normalized spacial score (nSPS) is 19.8. The van der Waals surface area contributed by atoms with Gasteiger partial charge in [-0.05, 0) is 32.3 Å². The van der Waals surface area contributed by atoms with Crippen LogP contribution < -0.4 is 0 Å². The summed E-state index contributed by atoms with van der Waals surface area (Å²) in [6, 6.07) is 1.31. The average Bonchev–Trinajstić information content (AvgIpc) is 2.66. The second-order valence-electron chi connectivity index (χ2n) is 6.04. The summed E-state index contributed by atoms with van der Waals surface area (Å²) < 4.78 is 47.1. The summed E-state index contributed by atoms with van der Waals surface area (Å²) in [5.74, 6) is -0.136. The van der Waals surface area contributed by atoms with E-state index in [9.17, 15) is 13.2 Å². The molecular weight excluding hydrogens is 267 g/mol. The number of ether oxygens (including phenoxy) is 1. The molecule has 1 aromatic heterocycles. The largest absolute Gasteiger partial charge is 0.418 e. The van der Waals surface area contributed by atoms with Crippen molar-refractivity contribution in [1.82, 2.24) is 4.57 Å². The van der Waals surface area contributed by atoms with Crippen LogP contribution in [0.1, 0.15) is 57.0 Å². The quantitative estimate of drug-likeness (QED) is 0.806. The van der Waals surface area contributed by atoms with Crippen molar-refractivity contribution in [2.24, 2.45) is 0 Å². The summed E-state index contributed by atoms with van der Waals surface area (Å²) in [5.41, 5.74) is 0.682. The number of aromatic nitrogens is 1. The lowest BCUT2D eigenvalue weighted by molar-refractivity contribution is -0.138. The van der Waals surface area contributed by atoms with E-state index in [4.69, 9.17) is 4.74 Å². The highest BCUT2D eigenvalue weighted by Crippen LogP contribution is 2.39. The van der Waals surface area contributed by atoms with Crippen molar-refractivity contribution in [2.75, 3.05) is 0 Å². The Morgan fingerprint density at radius 3 is 2.40 bits per heavy atom. The lowest BCUT2D eigenvalue weighted by Crippen LogP contribution is -2.29. The van der Waals surface area contributed by atoms with Gasteiger partial charge in [-0.3, -0.25) is 0 Å². The van der Waals surface area contributed by atoms with Gasteiger partial charge in [0.2, 0.25) is 0 Å². The van der Waals surface area contributed by atoms with E-state index in [1.807, 2.05) is 32.3 Å². The first-order valence-corrected chi connectivity index (χ1v) is 7.15. The summed E-state index contributed by atoms with van der Waals surface area (Å²) in [6.07, 6.45) is -2.81. The molecule has 0 saturated heterocycles. The molecule has 114 valence electrons. The van der Waals surface area contributed by atoms with Crippen molar-refractivity contribution in [1.29, 1.82) is 0 Å². The molecule has 0 amide bonds. The van der Waals surface area contributed by atoms with Gasteiger partial charge in [-0.1, -0.05) is 13.8 Å². The SMILES string of the molecule is CC(C)OC1CCn2c(cc(C(F)(F)F)c2C(C)C)C1. The summed E-state index contributed by atoms with van der Waals surface area (Å²) >= 11 is 0. The van der Waals surface area contributed by atoms with Crippen LogP contribution in [0.4, 0.5) is 13.2 Å². The summed E-state index contributed by atoms with van der Waals surface area (Å²) in [5, 5.41) is 0. The van der Waals surface area contributed by atoms with Crippen LogP contribution in [-0.4, -0.2) is 16.8 Å². The van der Waals surface area contributed by atoms with E-state index in [2.05, 4.69) is 0 Å². The van der Waals surface area contributed by atoms with Crippen molar-refractivity contribution < 1.29 is 17.9 Å². The molecule has 1 atom stereocenters. The molecule has 1 aliphatic rings. The Morgan fingerprint density at radius 1 is 1.25 bits per heavy atom. The number of halogens is 3. The standard InChI is InChI=1S/C15H22F3NO/c1-9(2)14-13(15(16,17)18)8-11-7-12(20-10(3)4)5-6-19(11)14/h8-10,12H,5-7H2,1-4H3. The van der Waals surface area contributed by atoms with Gasteiger partial charge in [0.1, 0.15) is 0 Å². The van der Waals surface area contributed by atoms with E-state index in [0.717, 1.165) is 12.1 Å². The Balaban J connectivity index is 2.35. The lowest BCUT2D eigenvalue weighted by atomic mass is 10.1. The van der Waals surface area contributed by atoms with Crippen molar-refractivity contribution in [3.8, 4) is 0 Å². The number of rotatable bonds is 3. The van der Waals surface area contributed by atoms with Gasteiger partial charge in [0.05, 0.1) is 17.8 Å². The monoisotopic (exact) mass is 289 g/mol. The second-order valence-corrected chi connectivity index (χ2v) is 6.04. The molecule has 0 spiro atoms. The Bertz CT molecular complexity index is 474. The fourth-order valence-electron chi connectivity index (χ4n) is 3.01. The Hall–Kier alpha value is -0.970. The molecule has 2 nitrogen and oxygen atoms in total. The summed E-state index contributed by atoms with van der Waals surface area (Å²) in [7, 11) is 0. The Morgan fingerprint density at radius 2 is 1.90 bits per heavy atom. The summed E-state index contributed by atoms with van der Waals surface area (Å²) in [6.45, 7) is 8.14. The van der Waals surface area contributed by atoms with Gasteiger partial charge in [0.25, 0.3) is 0 Å². The Labute approximate surface area is 117 Å². The van der Waals surface area contributed by atoms with Crippen LogP contribution in [-0.2, 0) is 23.9 Å². The number of hydrogen-bond donors (Lipinski definition) is 0. The van der Waals surface area contributed by atoms with E-state index >= 15 is 0 Å². The van der Waals surface area contributed by atoms with E-state index in [1.165, 1.54) is 6.07 Å². The number of hydrogen-bond acceptors (Lipinski definition) is 1. The van der Waals surface area contributed by atoms with Crippen molar-refractivity contribution in [3.63, 3.8) is 0 Å². The first kappa shape index (κ1) is 15.4. The molecule has 0 bridgehead atoms. The topological polar surface area (TPSA) is 14.2 Å². The van der Waals surface area contributed by atoms with Gasteiger partial charge >= 0.3 is 6.18 Å². The van der Waals surface area contributed by atoms with Crippen LogP contribution in [0.5, 0.6) is 0 Å². The van der Waals surface area contributed by atoms with Gasteiger partial charge in [0.15, 0.2) is 0 Å². The average molecular weight is 289 g/mol. The smallest absolute Gasteiger partial charge is 0.375 e. The molecule has 0 aromatic carbocycles. The third-order valence-corrected chi connectivity index (χ3v) is 3.65. The minimum absolute atomic E-state index is 0.0264. The van der Waals surface area contributed by atoms with E-state index in [1.54, 1.807) is 0 Å². The molecular formula is C15H22F3NO. The molecule has 1 unspecified atom stereocenters. The van der Waals surface area contributed by atoms with Crippen LogP contribution in [0.2, 0.25) is 0 Å². The molecule has 2 heterocycles. The summed E-state index contributed by atoms with van der Waals surface area (Å²) in [4.78, 5) is 0. The molecule has 0 radical (unpaired) electrons. The maximum Gasteiger partial charge on any atom is 0.418 e. The van der Waals surface area contributed by atoms with Crippen LogP contribution >= 0.6 is 0 Å². The Kier molecular flexibility index (Phi) is 4.19. The molecule has 5 heteroatoms. The highest BCUT2D eigenvalue weighted by atomic mass is 19.4. The van der Waals surface area contributed by atoms with Crippen LogP contribution in [0.15, 0.2) is 6.07 Å². The van der Waals surface area contributed by atoms with E-state index in [0.29, 0.717) is 18.7 Å². The molecule has 1 aliphatic heterocycles. The lowest BCUT2D eigenvalue weighted by Gasteiger charge is -2.28. The first-order chi connectivity index (χ1) is 9.20. The highest BCUT2D eigenvalue weighted by molar-refractivity contribution is 5.34. The van der Waals surface area contributed by atoms with Crippen LogP contribution in [0.25, 0.3) is 0 Å². The van der Waals surface area contributed by atoms with Crippen LogP contribution in [0.3, 0.4) is 0 Å². The van der Waals surface area contributed by atoms with Crippen molar-refractivity contribution in [3.05, 3.63) is 23.0 Å². The highest BCUT2D eigenvalue weighted by Gasteiger charge is 2.38. The van der Waals surface area contributed by atoms with Gasteiger partial charge in [-0.15, -0.1) is 0 Å². The van der Waals surface area contributed by atoms with Crippen molar-refractivity contribution >= 4 is 0 Å². The van der Waals surface area contributed by atoms with E-state index in [-0.39, 0.29) is 18.1 Å². The first-order valence-electron chi connectivity index (χ1n) is 7.15. The van der Waals surface area contributed by atoms with Crippen LogP contribution in [0, 0.1) is 0 Å². The number of fused-ring (bicyclic) bond motifs is 1. The molecule has 0 N–H and O–H groups in total. The molecule has 0 saturated carbocycles. The van der Waals surface area contributed by atoms with Gasteiger partial charge in [0, 0.05) is 24.4 Å². The zero-order valence-corrected chi connectivity index (χ0v) is 12.4. The minimum atomic E-state index is -4.28. The second kappa shape index (κ2) is 5.43. The minimum Gasteiger partial charge on any atom is -0.375 e. The van der Waals surface area contributed by atoms with Crippen molar-refractivity contribution in [2.45, 2.75) is 71.4 Å². The fraction of sp³-hybridized carbons (Fsp3) is 0.733. The number of alkyl halides is 3. The molecule has 1 aromatic rings. The third kappa shape index (κ3) is 3.03. The maximum atomic E-state index is 13.2. The maximum absolute atomic E-state index is 13.2. The zero-order chi connectivity index (χ0) is 15.1. The predicted molar refractivity (Wildman–Crippen MR) is 71.9 cm³/mol. The molecule has 0 aliphatic carbocycles. The van der Waals surface area contributed by atoms with Gasteiger partial charge in [-0.25, -0.2) is 0 Å².